The minimum absolute atomic E-state index is 0.0494. The Morgan fingerprint density at radius 1 is 1.22 bits per heavy atom. The average Bonchev–Trinajstić information content (AvgIpc) is 2.66. The van der Waals surface area contributed by atoms with Gasteiger partial charge in [-0.15, -0.1) is 0 Å². The van der Waals surface area contributed by atoms with E-state index in [9.17, 15) is 14.4 Å². The highest BCUT2D eigenvalue weighted by molar-refractivity contribution is 5.99. The Kier molecular flexibility index (Phi) is 6.96. The smallest absolute Gasteiger partial charge is 0.223 e. The Morgan fingerprint density at radius 2 is 1.89 bits per heavy atom. The lowest BCUT2D eigenvalue weighted by molar-refractivity contribution is -0.136. The lowest BCUT2D eigenvalue weighted by atomic mass is 9.79. The number of rotatable bonds is 7. The van der Waals surface area contributed by atoms with Crippen molar-refractivity contribution in [1.82, 2.24) is 10.2 Å². The molecule has 1 atom stereocenters. The molecule has 0 spiro atoms. The Morgan fingerprint density at radius 3 is 2.48 bits per heavy atom. The molecule has 1 fully saturated rings. The van der Waals surface area contributed by atoms with Gasteiger partial charge in [0.05, 0.1) is 13.7 Å². The molecule has 0 bridgehead atoms. The Balaban J connectivity index is 1.74. The van der Waals surface area contributed by atoms with Crippen molar-refractivity contribution in [2.45, 2.75) is 39.2 Å². The van der Waals surface area contributed by atoms with E-state index in [4.69, 9.17) is 10.5 Å². The number of amides is 2. The number of ether oxygens (including phenoxy) is 1. The first-order valence-electron chi connectivity index (χ1n) is 9.20. The van der Waals surface area contributed by atoms with E-state index in [1.165, 1.54) is 0 Å². The van der Waals surface area contributed by atoms with Gasteiger partial charge in [0.2, 0.25) is 11.8 Å². The van der Waals surface area contributed by atoms with Crippen LogP contribution in [0.3, 0.4) is 0 Å². The Labute approximate surface area is 160 Å². The number of hydrogen-bond acceptors (Lipinski definition) is 5. The molecule has 2 rings (SSSR count). The second-order valence-corrected chi connectivity index (χ2v) is 7.63. The second-order valence-electron chi connectivity index (χ2n) is 7.63. The van der Waals surface area contributed by atoms with E-state index in [1.807, 2.05) is 0 Å². The molecule has 0 saturated carbocycles. The molecule has 0 aliphatic carbocycles. The maximum Gasteiger partial charge on any atom is 0.223 e. The molecular weight excluding hydrogens is 346 g/mol. The first-order chi connectivity index (χ1) is 12.7. The van der Waals surface area contributed by atoms with E-state index in [2.05, 4.69) is 19.2 Å². The van der Waals surface area contributed by atoms with Gasteiger partial charge in [-0.05, 0) is 36.1 Å². The molecule has 2 amide bonds. The Hall–Kier alpha value is -2.41. The quantitative estimate of drug-likeness (QED) is 0.701. The van der Waals surface area contributed by atoms with Gasteiger partial charge >= 0.3 is 0 Å². The van der Waals surface area contributed by atoms with Gasteiger partial charge in [-0.1, -0.05) is 13.8 Å². The summed E-state index contributed by atoms with van der Waals surface area (Å²) in [5.74, 6) is 0.116. The molecule has 3 N–H and O–H groups in total. The van der Waals surface area contributed by atoms with Crippen LogP contribution in [-0.4, -0.2) is 55.3 Å². The molecule has 7 heteroatoms. The summed E-state index contributed by atoms with van der Waals surface area (Å²) in [6, 6.07) is 6.77. The SMILES string of the molecule is COc1ccc(C(=O)CNC(=O)CCC(=O)N2CCC(N)C(C)(C)C2)cc1. The zero-order chi connectivity index (χ0) is 20.0. The summed E-state index contributed by atoms with van der Waals surface area (Å²) in [5.41, 5.74) is 6.46. The van der Waals surface area contributed by atoms with Crippen molar-refractivity contribution in [2.24, 2.45) is 11.1 Å². The maximum absolute atomic E-state index is 12.3. The first-order valence-corrected chi connectivity index (χ1v) is 9.20. The predicted octanol–water partition coefficient (Wildman–Crippen LogP) is 1.36. The van der Waals surface area contributed by atoms with Crippen molar-refractivity contribution in [3.05, 3.63) is 29.8 Å². The summed E-state index contributed by atoms with van der Waals surface area (Å²) in [4.78, 5) is 38.2. The minimum Gasteiger partial charge on any atom is -0.497 e. The van der Waals surface area contributed by atoms with Crippen LogP contribution >= 0.6 is 0 Å². The van der Waals surface area contributed by atoms with Gasteiger partial charge in [0.1, 0.15) is 5.75 Å². The van der Waals surface area contributed by atoms with Crippen molar-refractivity contribution in [3.63, 3.8) is 0 Å². The number of Topliss-reactive ketones (excluding diaryl/α,β-unsaturated/α-hetero) is 1. The standard InChI is InChI=1S/C20H29N3O4/c1-20(2)13-23(11-10-17(20)21)19(26)9-8-18(25)22-12-16(24)14-4-6-15(27-3)7-5-14/h4-7,17H,8-13,21H2,1-3H3,(H,22,25). The minimum atomic E-state index is -0.307. The van der Waals surface area contributed by atoms with Gasteiger partial charge in [0.25, 0.3) is 0 Å². The van der Waals surface area contributed by atoms with Crippen molar-refractivity contribution in [2.75, 3.05) is 26.7 Å². The number of nitrogens with one attached hydrogen (secondary N) is 1. The van der Waals surface area contributed by atoms with Crippen LogP contribution < -0.4 is 15.8 Å². The molecule has 0 radical (unpaired) electrons. The zero-order valence-electron chi connectivity index (χ0n) is 16.3. The van der Waals surface area contributed by atoms with E-state index < -0.39 is 0 Å². The van der Waals surface area contributed by atoms with Crippen LogP contribution in [0.5, 0.6) is 5.75 Å². The molecule has 1 aromatic carbocycles. The number of ketones is 1. The second kappa shape index (κ2) is 8.99. The van der Waals surface area contributed by atoms with Crippen molar-refractivity contribution >= 4 is 17.6 Å². The largest absolute Gasteiger partial charge is 0.497 e. The summed E-state index contributed by atoms with van der Waals surface area (Å²) in [6.07, 6.45) is 0.965. The molecule has 0 aromatic heterocycles. The van der Waals surface area contributed by atoms with Gasteiger partial charge in [-0.25, -0.2) is 0 Å². The lowest BCUT2D eigenvalue weighted by Crippen LogP contribution is -2.54. The number of benzene rings is 1. The summed E-state index contributed by atoms with van der Waals surface area (Å²) in [5, 5.41) is 2.58. The normalized spacial score (nSPS) is 18.7. The summed E-state index contributed by atoms with van der Waals surface area (Å²) >= 11 is 0. The van der Waals surface area contributed by atoms with Gasteiger partial charge < -0.3 is 20.7 Å². The number of carbonyl (C=O) groups is 3. The van der Waals surface area contributed by atoms with Gasteiger partial charge in [0, 0.05) is 37.5 Å². The molecule has 7 nitrogen and oxygen atoms in total. The van der Waals surface area contributed by atoms with Crippen LogP contribution in [0.1, 0.15) is 43.5 Å². The van der Waals surface area contributed by atoms with Gasteiger partial charge in [-0.3, -0.25) is 14.4 Å². The summed E-state index contributed by atoms with van der Waals surface area (Å²) < 4.78 is 5.05. The lowest BCUT2D eigenvalue weighted by Gasteiger charge is -2.42. The summed E-state index contributed by atoms with van der Waals surface area (Å²) in [7, 11) is 1.55. The van der Waals surface area contributed by atoms with E-state index >= 15 is 0 Å². The van der Waals surface area contributed by atoms with E-state index in [0.717, 1.165) is 6.42 Å². The fourth-order valence-corrected chi connectivity index (χ4v) is 3.11. The van der Waals surface area contributed by atoms with Gasteiger partial charge in [-0.2, -0.15) is 0 Å². The number of methoxy groups -OCH3 is 1. The monoisotopic (exact) mass is 375 g/mol. The van der Waals surface area contributed by atoms with Crippen LogP contribution in [0.2, 0.25) is 0 Å². The fourth-order valence-electron chi connectivity index (χ4n) is 3.11. The Bertz CT molecular complexity index is 685. The molecule has 148 valence electrons. The van der Waals surface area contributed by atoms with Crippen molar-refractivity contribution < 1.29 is 19.1 Å². The van der Waals surface area contributed by atoms with Crippen LogP contribution in [-0.2, 0) is 9.59 Å². The maximum atomic E-state index is 12.3. The number of nitrogens with zero attached hydrogens (tertiary/aromatic N) is 1. The third-order valence-corrected chi connectivity index (χ3v) is 5.09. The summed E-state index contributed by atoms with van der Waals surface area (Å²) in [6.45, 7) is 5.24. The highest BCUT2D eigenvalue weighted by atomic mass is 16.5. The van der Waals surface area contributed by atoms with Crippen molar-refractivity contribution in [1.29, 1.82) is 0 Å². The number of nitrogens with two attached hydrogens (primary N) is 1. The number of piperidine rings is 1. The van der Waals surface area contributed by atoms with Gasteiger partial charge in [0.15, 0.2) is 5.78 Å². The molecule has 1 aliphatic rings. The number of likely N-dealkylation sites (tertiary alicyclic amines) is 1. The van der Waals surface area contributed by atoms with E-state index in [0.29, 0.717) is 24.4 Å². The predicted molar refractivity (Wildman–Crippen MR) is 103 cm³/mol. The van der Waals surface area contributed by atoms with E-state index in [1.54, 1.807) is 36.3 Å². The highest BCUT2D eigenvalue weighted by Crippen LogP contribution is 2.28. The van der Waals surface area contributed by atoms with Crippen molar-refractivity contribution in [3.8, 4) is 5.75 Å². The van der Waals surface area contributed by atoms with Crippen LogP contribution in [0.25, 0.3) is 0 Å². The molecule has 27 heavy (non-hydrogen) atoms. The average molecular weight is 375 g/mol. The molecule has 1 saturated heterocycles. The number of hydrogen-bond donors (Lipinski definition) is 2. The third kappa shape index (κ3) is 5.79. The van der Waals surface area contributed by atoms with E-state index in [-0.39, 0.29) is 48.4 Å². The molecular formula is C20H29N3O4. The highest BCUT2D eigenvalue weighted by Gasteiger charge is 2.35. The van der Waals surface area contributed by atoms with Crippen LogP contribution in [0.15, 0.2) is 24.3 Å². The molecule has 1 aliphatic heterocycles. The fraction of sp³-hybridized carbons (Fsp3) is 0.550. The molecule has 1 heterocycles. The number of carbonyl (C=O) groups excluding carboxylic acids is 3. The molecule has 1 unspecified atom stereocenters. The molecule has 1 aromatic rings. The van der Waals surface area contributed by atoms with Crippen LogP contribution in [0.4, 0.5) is 0 Å². The third-order valence-electron chi connectivity index (χ3n) is 5.09. The topological polar surface area (TPSA) is 102 Å². The van der Waals surface area contributed by atoms with Crippen LogP contribution in [0, 0.1) is 5.41 Å². The first kappa shape index (κ1) is 20.9. The zero-order valence-corrected chi connectivity index (χ0v) is 16.3.